The normalized spacial score (nSPS) is 10.2. The fraction of sp³-hybridized carbons (Fsp3) is 0.700. The van der Waals surface area contributed by atoms with Crippen LogP contribution < -0.4 is 10.6 Å². The number of hydrogen-bond acceptors (Lipinski definition) is 3. The molecule has 0 aliphatic carbocycles. The summed E-state index contributed by atoms with van der Waals surface area (Å²) in [6.45, 7) is 6.45. The van der Waals surface area contributed by atoms with Gasteiger partial charge in [0.05, 0.1) is 6.54 Å². The Balaban J connectivity index is 3.44. The van der Waals surface area contributed by atoms with Crippen LogP contribution in [0.3, 0.4) is 0 Å². The first-order valence-corrected chi connectivity index (χ1v) is 4.91. The molecule has 0 aromatic carbocycles. The average molecular weight is 199 g/mol. The van der Waals surface area contributed by atoms with Crippen molar-refractivity contribution < 1.29 is 4.79 Å². The maximum absolute atomic E-state index is 11.2. The number of hydrogen-bond donors (Lipinski definition) is 2. The maximum Gasteiger partial charge on any atom is 0.234 e. The molecule has 0 heterocycles. The summed E-state index contributed by atoms with van der Waals surface area (Å²) in [7, 11) is 3.87. The van der Waals surface area contributed by atoms with Gasteiger partial charge in [-0.3, -0.25) is 9.69 Å². The molecule has 0 fully saturated rings. The van der Waals surface area contributed by atoms with Gasteiger partial charge in [-0.25, -0.2) is 0 Å². The molecule has 4 nitrogen and oxygen atoms in total. The highest BCUT2D eigenvalue weighted by molar-refractivity contribution is 5.78. The molecule has 82 valence electrons. The van der Waals surface area contributed by atoms with Crippen LogP contribution in [-0.2, 0) is 4.79 Å². The van der Waals surface area contributed by atoms with E-state index in [0.29, 0.717) is 13.1 Å². The van der Waals surface area contributed by atoms with E-state index in [4.69, 9.17) is 0 Å². The van der Waals surface area contributed by atoms with Crippen molar-refractivity contribution >= 4 is 5.91 Å². The van der Waals surface area contributed by atoms with Gasteiger partial charge in [-0.05, 0) is 33.6 Å². The zero-order valence-corrected chi connectivity index (χ0v) is 9.18. The van der Waals surface area contributed by atoms with Crippen molar-refractivity contribution in [1.82, 2.24) is 15.5 Å². The molecule has 0 bridgehead atoms. The first-order valence-electron chi connectivity index (χ1n) is 4.91. The van der Waals surface area contributed by atoms with E-state index in [1.807, 2.05) is 19.0 Å². The molecule has 0 aromatic rings. The Morgan fingerprint density at radius 1 is 1.57 bits per heavy atom. The summed E-state index contributed by atoms with van der Waals surface area (Å²) in [5.74, 6) is 0.0526. The second kappa shape index (κ2) is 8.72. The van der Waals surface area contributed by atoms with Crippen LogP contribution in [0.2, 0.25) is 0 Å². The number of nitrogens with one attached hydrogen (secondary N) is 2. The summed E-state index contributed by atoms with van der Waals surface area (Å²) >= 11 is 0. The first kappa shape index (κ1) is 13.1. The van der Waals surface area contributed by atoms with E-state index in [-0.39, 0.29) is 5.91 Å². The highest BCUT2D eigenvalue weighted by Crippen LogP contribution is 1.85. The minimum atomic E-state index is 0.0526. The largest absolute Gasteiger partial charge is 0.352 e. The Labute approximate surface area is 86.4 Å². The van der Waals surface area contributed by atoms with E-state index in [1.54, 1.807) is 6.08 Å². The van der Waals surface area contributed by atoms with Crippen molar-refractivity contribution in [1.29, 1.82) is 0 Å². The second-order valence-electron chi connectivity index (χ2n) is 3.29. The monoisotopic (exact) mass is 199 g/mol. The van der Waals surface area contributed by atoms with Gasteiger partial charge in [-0.2, -0.15) is 0 Å². The van der Waals surface area contributed by atoms with Gasteiger partial charge in [-0.1, -0.05) is 6.08 Å². The molecule has 0 aromatic heterocycles. The summed E-state index contributed by atoms with van der Waals surface area (Å²) in [6, 6.07) is 0. The highest BCUT2D eigenvalue weighted by Gasteiger charge is 2.03. The molecule has 4 heteroatoms. The molecule has 1 amide bonds. The molecule has 0 radical (unpaired) electrons. The Hall–Kier alpha value is -0.870. The molecule has 0 atom stereocenters. The fourth-order valence-electron chi connectivity index (χ4n) is 1.09. The van der Waals surface area contributed by atoms with Crippen molar-refractivity contribution in [2.75, 3.05) is 40.3 Å². The number of rotatable bonds is 8. The lowest BCUT2D eigenvalue weighted by atomic mass is 10.4. The zero-order valence-electron chi connectivity index (χ0n) is 9.18. The van der Waals surface area contributed by atoms with Gasteiger partial charge in [-0.15, -0.1) is 6.58 Å². The second-order valence-corrected chi connectivity index (χ2v) is 3.29. The smallest absolute Gasteiger partial charge is 0.234 e. The third kappa shape index (κ3) is 7.76. The van der Waals surface area contributed by atoms with Gasteiger partial charge in [0, 0.05) is 6.54 Å². The van der Waals surface area contributed by atoms with Crippen LogP contribution in [0.1, 0.15) is 6.42 Å². The van der Waals surface area contributed by atoms with Crippen molar-refractivity contribution in [3.8, 4) is 0 Å². The quantitative estimate of drug-likeness (QED) is 0.421. The van der Waals surface area contributed by atoms with Crippen LogP contribution in [0.4, 0.5) is 0 Å². The summed E-state index contributed by atoms with van der Waals surface area (Å²) in [5.41, 5.74) is 0. The number of carbonyl (C=O) groups excluding carboxylic acids is 1. The number of amides is 1. The van der Waals surface area contributed by atoms with Crippen LogP contribution in [0.5, 0.6) is 0 Å². The molecule has 14 heavy (non-hydrogen) atoms. The van der Waals surface area contributed by atoms with Gasteiger partial charge in [0.25, 0.3) is 0 Å². The standard InChI is InChI=1S/C10H21N3O/c1-4-6-12-10(14)9-13(3)8-5-7-11-2/h4,11H,1,5-9H2,2-3H3,(H,12,14). The zero-order chi connectivity index (χ0) is 10.8. The Bertz CT molecular complexity index is 171. The Morgan fingerprint density at radius 2 is 2.29 bits per heavy atom. The predicted molar refractivity (Wildman–Crippen MR) is 59.2 cm³/mol. The van der Waals surface area contributed by atoms with Crippen LogP contribution >= 0.6 is 0 Å². The molecule has 0 spiro atoms. The Morgan fingerprint density at radius 3 is 2.86 bits per heavy atom. The van der Waals surface area contributed by atoms with E-state index in [9.17, 15) is 4.79 Å². The van der Waals surface area contributed by atoms with Crippen LogP contribution in [0.25, 0.3) is 0 Å². The van der Waals surface area contributed by atoms with E-state index >= 15 is 0 Å². The summed E-state index contributed by atoms with van der Waals surface area (Å²) < 4.78 is 0. The molecule has 2 N–H and O–H groups in total. The van der Waals surface area contributed by atoms with Crippen LogP contribution in [0.15, 0.2) is 12.7 Å². The molecule has 0 rings (SSSR count). The summed E-state index contributed by atoms with van der Waals surface area (Å²) in [6.07, 6.45) is 2.74. The van der Waals surface area contributed by atoms with E-state index in [1.165, 1.54) is 0 Å². The van der Waals surface area contributed by atoms with Crippen molar-refractivity contribution in [3.05, 3.63) is 12.7 Å². The van der Waals surface area contributed by atoms with Crippen LogP contribution in [-0.4, -0.2) is 51.1 Å². The van der Waals surface area contributed by atoms with Gasteiger partial charge in [0.15, 0.2) is 0 Å². The maximum atomic E-state index is 11.2. The third-order valence-corrected chi connectivity index (χ3v) is 1.82. The number of carbonyl (C=O) groups is 1. The van der Waals surface area contributed by atoms with Gasteiger partial charge >= 0.3 is 0 Å². The number of likely N-dealkylation sites (N-methyl/N-ethyl adjacent to an activating group) is 1. The molecule has 0 aliphatic rings. The first-order chi connectivity index (χ1) is 6.70. The van der Waals surface area contributed by atoms with Gasteiger partial charge in [0.2, 0.25) is 5.91 Å². The van der Waals surface area contributed by atoms with Crippen molar-refractivity contribution in [2.45, 2.75) is 6.42 Å². The average Bonchev–Trinajstić information content (AvgIpc) is 2.15. The number of nitrogens with zero attached hydrogens (tertiary/aromatic N) is 1. The van der Waals surface area contributed by atoms with Crippen LogP contribution in [0, 0.1) is 0 Å². The van der Waals surface area contributed by atoms with Crippen molar-refractivity contribution in [3.63, 3.8) is 0 Å². The summed E-state index contributed by atoms with van der Waals surface area (Å²) in [5, 5.41) is 5.81. The van der Waals surface area contributed by atoms with E-state index in [0.717, 1.165) is 19.5 Å². The summed E-state index contributed by atoms with van der Waals surface area (Å²) in [4.78, 5) is 13.2. The minimum Gasteiger partial charge on any atom is -0.352 e. The fourth-order valence-corrected chi connectivity index (χ4v) is 1.09. The highest BCUT2D eigenvalue weighted by atomic mass is 16.1. The van der Waals surface area contributed by atoms with E-state index in [2.05, 4.69) is 17.2 Å². The van der Waals surface area contributed by atoms with Gasteiger partial charge < -0.3 is 10.6 Å². The SMILES string of the molecule is C=CCNC(=O)CN(C)CCCNC. The topological polar surface area (TPSA) is 44.4 Å². The lowest BCUT2D eigenvalue weighted by Gasteiger charge is -2.15. The molecule has 0 saturated carbocycles. The molecular formula is C10H21N3O. The molecular weight excluding hydrogens is 178 g/mol. The molecule has 0 unspecified atom stereocenters. The van der Waals surface area contributed by atoms with E-state index < -0.39 is 0 Å². The molecule has 0 aliphatic heterocycles. The lowest BCUT2D eigenvalue weighted by Crippen LogP contribution is -2.36. The molecule has 0 saturated heterocycles. The van der Waals surface area contributed by atoms with Crippen molar-refractivity contribution in [2.24, 2.45) is 0 Å². The van der Waals surface area contributed by atoms with Gasteiger partial charge in [0.1, 0.15) is 0 Å². The Kier molecular flexibility index (Phi) is 8.17. The minimum absolute atomic E-state index is 0.0526. The predicted octanol–water partition coefficient (Wildman–Crippen LogP) is -0.170. The third-order valence-electron chi connectivity index (χ3n) is 1.82. The lowest BCUT2D eigenvalue weighted by molar-refractivity contribution is -0.121.